The van der Waals surface area contributed by atoms with E-state index >= 15 is 0 Å². The molecule has 1 aliphatic heterocycles. The normalized spacial score (nSPS) is 30.7. The van der Waals surface area contributed by atoms with E-state index in [0.717, 1.165) is 18.9 Å². The average molecular weight is 259 g/mol. The average Bonchev–Trinajstić information content (AvgIpc) is 2.64. The molecule has 2 aliphatic rings. The van der Waals surface area contributed by atoms with Gasteiger partial charge in [-0.2, -0.15) is 0 Å². The lowest BCUT2D eigenvalue weighted by molar-refractivity contribution is -0.113. The van der Waals surface area contributed by atoms with E-state index < -0.39 is 0 Å². The van der Waals surface area contributed by atoms with Crippen molar-refractivity contribution in [3.8, 4) is 0 Å². The van der Waals surface area contributed by atoms with Crippen LogP contribution in [0.15, 0.2) is 0 Å². The molecule has 1 nitrogen and oxygen atoms in total. The smallest absolute Gasteiger partial charge is 0.0685 e. The van der Waals surface area contributed by atoms with Crippen molar-refractivity contribution < 1.29 is 4.74 Å². The van der Waals surface area contributed by atoms with Crippen LogP contribution in [0.1, 0.15) is 65.7 Å². The van der Waals surface area contributed by atoms with Crippen LogP contribution in [0.25, 0.3) is 0 Å². The van der Waals surface area contributed by atoms with E-state index in [2.05, 4.69) is 20.8 Å². The third-order valence-electron chi connectivity index (χ3n) is 4.92. The van der Waals surface area contributed by atoms with Crippen molar-refractivity contribution in [2.75, 3.05) is 6.61 Å². The van der Waals surface area contributed by atoms with E-state index in [1.54, 1.807) is 0 Å². The van der Waals surface area contributed by atoms with Gasteiger partial charge in [-0.05, 0) is 50.4 Å². The summed E-state index contributed by atoms with van der Waals surface area (Å²) < 4.78 is 6.12. The fraction of sp³-hybridized carbons (Fsp3) is 1.00. The van der Waals surface area contributed by atoms with Gasteiger partial charge < -0.3 is 4.74 Å². The maximum atomic E-state index is 6.20. The molecule has 0 aromatic carbocycles. The third kappa shape index (κ3) is 3.17. The lowest BCUT2D eigenvalue weighted by atomic mass is 9.68. The van der Waals surface area contributed by atoms with E-state index in [1.807, 2.05) is 0 Å². The SMILES string of the molecule is CC(Cl)CC(C)(C)C1CCOC2(CCCC2)C1. The zero-order valence-electron chi connectivity index (χ0n) is 11.6. The number of ether oxygens (including phenoxy) is 1. The lowest BCUT2D eigenvalue weighted by Gasteiger charge is -2.45. The fourth-order valence-corrected chi connectivity index (χ4v) is 4.35. The van der Waals surface area contributed by atoms with Crippen LogP contribution in [0.3, 0.4) is 0 Å². The summed E-state index contributed by atoms with van der Waals surface area (Å²) in [6, 6.07) is 0. The van der Waals surface area contributed by atoms with Crippen LogP contribution >= 0.6 is 11.6 Å². The van der Waals surface area contributed by atoms with Gasteiger partial charge in [-0.3, -0.25) is 0 Å². The largest absolute Gasteiger partial charge is 0.375 e. The molecule has 1 aliphatic carbocycles. The highest BCUT2D eigenvalue weighted by Gasteiger charge is 2.44. The van der Waals surface area contributed by atoms with Gasteiger partial charge in [0.25, 0.3) is 0 Å². The zero-order chi connectivity index (χ0) is 12.5. The van der Waals surface area contributed by atoms with Crippen molar-refractivity contribution in [3.05, 3.63) is 0 Å². The van der Waals surface area contributed by atoms with E-state index in [0.29, 0.717) is 5.41 Å². The highest BCUT2D eigenvalue weighted by Crippen LogP contribution is 2.48. The second kappa shape index (κ2) is 5.09. The molecule has 2 heteroatoms. The van der Waals surface area contributed by atoms with Gasteiger partial charge in [-0.1, -0.05) is 26.7 Å². The van der Waals surface area contributed by atoms with Gasteiger partial charge in [0.2, 0.25) is 0 Å². The summed E-state index contributed by atoms with van der Waals surface area (Å²) in [5.41, 5.74) is 0.607. The minimum Gasteiger partial charge on any atom is -0.375 e. The predicted molar refractivity (Wildman–Crippen MR) is 73.6 cm³/mol. The molecule has 0 N–H and O–H groups in total. The molecular formula is C15H27ClO. The summed E-state index contributed by atoms with van der Waals surface area (Å²) >= 11 is 6.20. The Morgan fingerprint density at radius 1 is 1.35 bits per heavy atom. The van der Waals surface area contributed by atoms with Gasteiger partial charge in [0.1, 0.15) is 0 Å². The van der Waals surface area contributed by atoms with Crippen molar-refractivity contribution in [2.24, 2.45) is 11.3 Å². The van der Waals surface area contributed by atoms with Gasteiger partial charge >= 0.3 is 0 Å². The first-order chi connectivity index (χ1) is 7.94. The molecular weight excluding hydrogens is 232 g/mol. The highest BCUT2D eigenvalue weighted by atomic mass is 35.5. The van der Waals surface area contributed by atoms with E-state index in [1.165, 1.54) is 38.5 Å². The van der Waals surface area contributed by atoms with Gasteiger partial charge in [0.05, 0.1) is 5.60 Å². The fourth-order valence-electron chi connectivity index (χ4n) is 3.95. The summed E-state index contributed by atoms with van der Waals surface area (Å²) in [6.45, 7) is 7.87. The third-order valence-corrected chi connectivity index (χ3v) is 5.07. The van der Waals surface area contributed by atoms with Crippen LogP contribution in [0.4, 0.5) is 0 Å². The van der Waals surface area contributed by atoms with Crippen LogP contribution in [0.2, 0.25) is 0 Å². The Balaban J connectivity index is 2.01. The van der Waals surface area contributed by atoms with Crippen LogP contribution < -0.4 is 0 Å². The Morgan fingerprint density at radius 2 is 2.00 bits per heavy atom. The topological polar surface area (TPSA) is 9.23 Å². The second-order valence-electron chi connectivity index (χ2n) is 6.90. The molecule has 2 atom stereocenters. The van der Waals surface area contributed by atoms with E-state index in [9.17, 15) is 0 Å². The summed E-state index contributed by atoms with van der Waals surface area (Å²) in [5.74, 6) is 0.788. The molecule has 1 saturated carbocycles. The van der Waals surface area contributed by atoms with Crippen LogP contribution in [0, 0.1) is 11.3 Å². The number of rotatable bonds is 3. The molecule has 0 bridgehead atoms. The quantitative estimate of drug-likeness (QED) is 0.663. The minimum absolute atomic E-state index is 0.246. The summed E-state index contributed by atoms with van der Waals surface area (Å²) in [7, 11) is 0. The summed E-state index contributed by atoms with van der Waals surface area (Å²) in [5, 5.41) is 0.285. The van der Waals surface area contributed by atoms with Crippen LogP contribution in [-0.4, -0.2) is 17.6 Å². The van der Waals surface area contributed by atoms with Crippen LogP contribution in [-0.2, 0) is 4.74 Å². The molecule has 0 aromatic rings. The van der Waals surface area contributed by atoms with Gasteiger partial charge in [0.15, 0.2) is 0 Å². The minimum atomic E-state index is 0.246. The highest BCUT2D eigenvalue weighted by molar-refractivity contribution is 6.20. The Hall–Kier alpha value is 0.250. The number of halogens is 1. The molecule has 0 amide bonds. The van der Waals surface area contributed by atoms with Crippen molar-refractivity contribution >= 4 is 11.6 Å². The maximum Gasteiger partial charge on any atom is 0.0685 e. The zero-order valence-corrected chi connectivity index (χ0v) is 12.4. The predicted octanol–water partition coefficient (Wildman–Crippen LogP) is 4.77. The molecule has 1 heterocycles. The maximum absolute atomic E-state index is 6.20. The Kier molecular flexibility index (Phi) is 4.09. The first-order valence-corrected chi connectivity index (χ1v) is 7.65. The van der Waals surface area contributed by atoms with Crippen molar-refractivity contribution in [1.82, 2.24) is 0 Å². The van der Waals surface area contributed by atoms with E-state index in [-0.39, 0.29) is 11.0 Å². The second-order valence-corrected chi connectivity index (χ2v) is 7.65. The monoisotopic (exact) mass is 258 g/mol. The van der Waals surface area contributed by atoms with Crippen molar-refractivity contribution in [2.45, 2.75) is 76.7 Å². The first kappa shape index (κ1) is 13.7. The van der Waals surface area contributed by atoms with Crippen molar-refractivity contribution in [1.29, 1.82) is 0 Å². The molecule has 0 radical (unpaired) electrons. The standard InChI is InChI=1S/C15H27ClO/c1-12(16)10-14(2,3)13-6-9-17-15(11-13)7-4-5-8-15/h12-13H,4-11H2,1-3H3. The number of hydrogen-bond donors (Lipinski definition) is 0. The van der Waals surface area contributed by atoms with E-state index in [4.69, 9.17) is 16.3 Å². The Labute approximate surface area is 111 Å². The molecule has 2 unspecified atom stereocenters. The molecule has 2 rings (SSSR count). The molecule has 0 aromatic heterocycles. The van der Waals surface area contributed by atoms with Gasteiger partial charge in [0, 0.05) is 12.0 Å². The lowest BCUT2D eigenvalue weighted by Crippen LogP contribution is -2.42. The van der Waals surface area contributed by atoms with Crippen molar-refractivity contribution in [3.63, 3.8) is 0 Å². The molecule has 17 heavy (non-hydrogen) atoms. The van der Waals surface area contributed by atoms with Gasteiger partial charge in [-0.25, -0.2) is 0 Å². The summed E-state index contributed by atoms with van der Waals surface area (Å²) in [6.07, 6.45) is 8.90. The molecule has 2 fully saturated rings. The Bertz CT molecular complexity index is 254. The summed E-state index contributed by atoms with van der Waals surface area (Å²) in [4.78, 5) is 0. The number of alkyl halides is 1. The first-order valence-electron chi connectivity index (χ1n) is 7.22. The molecule has 1 spiro atoms. The van der Waals surface area contributed by atoms with Gasteiger partial charge in [-0.15, -0.1) is 11.6 Å². The molecule has 1 saturated heterocycles. The Morgan fingerprint density at radius 3 is 2.59 bits per heavy atom. The molecule has 100 valence electrons. The van der Waals surface area contributed by atoms with Crippen LogP contribution in [0.5, 0.6) is 0 Å². The number of hydrogen-bond acceptors (Lipinski definition) is 1.